The van der Waals surface area contributed by atoms with Crippen LogP contribution in [0.4, 0.5) is 0 Å². The molecule has 1 unspecified atom stereocenters. The van der Waals surface area contributed by atoms with Crippen LogP contribution in [0.3, 0.4) is 0 Å². The third kappa shape index (κ3) is 8.32. The number of nitrogens with two attached hydrogens (primary N) is 1. The lowest BCUT2D eigenvalue weighted by atomic mass is 10.0. The van der Waals surface area contributed by atoms with Crippen LogP contribution in [0.5, 0.6) is 5.75 Å². The number of carbonyl (C=O) groups excluding carboxylic acids is 3. The maximum absolute atomic E-state index is 13.0. The monoisotopic (exact) mass is 505 g/mol. The average molecular weight is 506 g/mol. The van der Waals surface area contributed by atoms with Gasteiger partial charge in [-0.2, -0.15) is 0 Å². The molecular formula is C29H37N4O4+. The van der Waals surface area contributed by atoms with E-state index in [0.29, 0.717) is 41.8 Å². The van der Waals surface area contributed by atoms with Gasteiger partial charge in [0.25, 0.3) is 11.8 Å². The van der Waals surface area contributed by atoms with Crippen molar-refractivity contribution in [2.24, 2.45) is 5.73 Å². The fourth-order valence-electron chi connectivity index (χ4n) is 4.07. The molecule has 4 N–H and O–H groups in total. The van der Waals surface area contributed by atoms with E-state index in [2.05, 4.69) is 10.6 Å². The molecule has 3 aromatic rings. The number of rotatable bonds is 13. The van der Waals surface area contributed by atoms with Gasteiger partial charge in [0, 0.05) is 13.0 Å². The molecule has 0 saturated carbocycles. The van der Waals surface area contributed by atoms with E-state index in [4.69, 9.17) is 10.5 Å². The summed E-state index contributed by atoms with van der Waals surface area (Å²) < 4.78 is 6.50. The number of nitrogens with zero attached hydrogens (tertiary/aromatic N) is 1. The van der Waals surface area contributed by atoms with Gasteiger partial charge >= 0.3 is 0 Å². The number of quaternary nitrogens is 1. The van der Waals surface area contributed by atoms with Crippen LogP contribution in [0.1, 0.15) is 28.8 Å². The zero-order chi connectivity index (χ0) is 26.8. The third-order valence-electron chi connectivity index (χ3n) is 6.15. The van der Waals surface area contributed by atoms with Crippen molar-refractivity contribution in [2.45, 2.75) is 25.3 Å². The molecule has 8 nitrogen and oxygen atoms in total. The Labute approximate surface area is 218 Å². The minimum absolute atomic E-state index is 0.0280. The van der Waals surface area contributed by atoms with Crippen molar-refractivity contribution in [1.29, 1.82) is 0 Å². The Hall–Kier alpha value is -3.91. The molecule has 3 rings (SSSR count). The first-order valence-corrected chi connectivity index (χ1v) is 12.5. The second-order valence-corrected chi connectivity index (χ2v) is 10.0. The van der Waals surface area contributed by atoms with Gasteiger partial charge in [0.15, 0.2) is 6.04 Å². The van der Waals surface area contributed by atoms with Gasteiger partial charge in [-0.05, 0) is 41.3 Å². The summed E-state index contributed by atoms with van der Waals surface area (Å²) in [5.74, 6) is -0.565. The van der Waals surface area contributed by atoms with Crippen molar-refractivity contribution >= 4 is 28.5 Å². The van der Waals surface area contributed by atoms with Crippen molar-refractivity contribution in [3.63, 3.8) is 0 Å². The lowest BCUT2D eigenvalue weighted by Gasteiger charge is -2.33. The Bertz CT molecular complexity index is 1220. The van der Waals surface area contributed by atoms with E-state index >= 15 is 0 Å². The first kappa shape index (κ1) is 27.7. The number of fused-ring (bicyclic) bond motifs is 1. The molecule has 1 atom stereocenters. The van der Waals surface area contributed by atoms with Gasteiger partial charge in [0.1, 0.15) is 5.75 Å². The molecule has 196 valence electrons. The lowest BCUT2D eigenvalue weighted by molar-refractivity contribution is -0.886. The topological polar surface area (TPSA) is 111 Å². The van der Waals surface area contributed by atoms with E-state index in [1.807, 2.05) is 81.8 Å². The van der Waals surface area contributed by atoms with Crippen LogP contribution in [-0.2, 0) is 16.0 Å². The summed E-state index contributed by atoms with van der Waals surface area (Å²) in [5.41, 5.74) is 6.64. The highest BCUT2D eigenvalue weighted by Gasteiger charge is 2.31. The van der Waals surface area contributed by atoms with E-state index in [1.54, 1.807) is 6.07 Å². The van der Waals surface area contributed by atoms with Crippen LogP contribution in [0.15, 0.2) is 66.7 Å². The summed E-state index contributed by atoms with van der Waals surface area (Å²) in [6.07, 6.45) is 2.10. The van der Waals surface area contributed by atoms with Crippen LogP contribution in [0, 0.1) is 0 Å². The summed E-state index contributed by atoms with van der Waals surface area (Å²) in [5, 5.41) is 7.43. The number of nitrogens with one attached hydrogen (secondary N) is 2. The first-order chi connectivity index (χ1) is 17.6. The number of unbranched alkanes of at least 4 members (excludes halogenated alkanes) is 1. The number of likely N-dealkylation sites (N-methyl/N-ethyl adjacent to an activating group) is 1. The minimum atomic E-state index is -0.616. The Balaban J connectivity index is 1.54. The second kappa shape index (κ2) is 12.9. The standard InChI is InChI=1S/C29H36N4O4/c1-33(2,3)25(17-21-11-5-4-6-12-21)29(36)31-15-9-10-16-37-26-19-23-14-8-7-13-22(23)18-24(26)28(35)32-20-27(30)34/h4-8,11-14,18-19,25H,9-10,15-17,20H2,1-3H3,(H3-,30,31,32,34,35,36)/p+1. The van der Waals surface area contributed by atoms with E-state index in [-0.39, 0.29) is 18.5 Å². The Kier molecular flexibility index (Phi) is 9.63. The van der Waals surface area contributed by atoms with Crippen LogP contribution in [-0.4, -0.2) is 69.1 Å². The number of ether oxygens (including phenoxy) is 1. The Morgan fingerprint density at radius 3 is 2.19 bits per heavy atom. The van der Waals surface area contributed by atoms with Gasteiger partial charge in [-0.15, -0.1) is 0 Å². The molecule has 0 saturated heterocycles. The molecule has 0 aliphatic heterocycles. The van der Waals surface area contributed by atoms with Gasteiger partial charge < -0.3 is 25.6 Å². The molecular weight excluding hydrogens is 468 g/mol. The normalized spacial score (nSPS) is 12.1. The van der Waals surface area contributed by atoms with Gasteiger partial charge in [0.05, 0.1) is 39.9 Å². The van der Waals surface area contributed by atoms with Crippen LogP contribution in [0.2, 0.25) is 0 Å². The van der Waals surface area contributed by atoms with Crippen molar-refractivity contribution in [1.82, 2.24) is 10.6 Å². The fraction of sp³-hybridized carbons (Fsp3) is 0.345. The predicted molar refractivity (Wildman–Crippen MR) is 145 cm³/mol. The Morgan fingerprint density at radius 1 is 0.892 bits per heavy atom. The molecule has 0 spiro atoms. The van der Waals surface area contributed by atoms with Gasteiger partial charge in [-0.3, -0.25) is 14.4 Å². The molecule has 37 heavy (non-hydrogen) atoms. The first-order valence-electron chi connectivity index (χ1n) is 12.5. The number of hydrogen-bond acceptors (Lipinski definition) is 4. The number of primary amides is 1. The highest BCUT2D eigenvalue weighted by molar-refractivity contribution is 6.02. The smallest absolute Gasteiger partial charge is 0.278 e. The molecule has 3 amide bonds. The molecule has 0 aliphatic carbocycles. The number of amides is 3. The van der Waals surface area contributed by atoms with E-state index in [9.17, 15) is 14.4 Å². The van der Waals surface area contributed by atoms with Crippen molar-refractivity contribution in [3.8, 4) is 5.75 Å². The largest absolute Gasteiger partial charge is 0.493 e. The van der Waals surface area contributed by atoms with Crippen molar-refractivity contribution in [3.05, 3.63) is 77.9 Å². The van der Waals surface area contributed by atoms with Gasteiger partial charge in [-0.25, -0.2) is 0 Å². The van der Waals surface area contributed by atoms with Gasteiger partial charge in [0.2, 0.25) is 5.91 Å². The molecule has 0 fully saturated rings. The molecule has 0 aliphatic rings. The highest BCUT2D eigenvalue weighted by Crippen LogP contribution is 2.26. The summed E-state index contributed by atoms with van der Waals surface area (Å²) in [6, 6.07) is 21.1. The van der Waals surface area contributed by atoms with Crippen molar-refractivity contribution < 1.29 is 23.6 Å². The summed E-state index contributed by atoms with van der Waals surface area (Å²) in [7, 11) is 6.09. The maximum Gasteiger partial charge on any atom is 0.278 e. The highest BCUT2D eigenvalue weighted by atomic mass is 16.5. The fourth-order valence-corrected chi connectivity index (χ4v) is 4.07. The minimum Gasteiger partial charge on any atom is -0.493 e. The SMILES string of the molecule is C[N+](C)(C)C(Cc1ccccc1)C(=O)NCCCCOc1cc2ccccc2cc1C(=O)NCC(N)=O. The zero-order valence-corrected chi connectivity index (χ0v) is 21.8. The quantitative estimate of drug-likeness (QED) is 0.245. The average Bonchev–Trinajstić information content (AvgIpc) is 2.87. The van der Waals surface area contributed by atoms with Gasteiger partial charge in [-0.1, -0.05) is 54.6 Å². The van der Waals surface area contributed by atoms with E-state index in [1.165, 1.54) is 0 Å². The third-order valence-corrected chi connectivity index (χ3v) is 6.15. The van der Waals surface area contributed by atoms with E-state index in [0.717, 1.165) is 22.8 Å². The zero-order valence-electron chi connectivity index (χ0n) is 21.8. The number of carbonyl (C=O) groups is 3. The van der Waals surface area contributed by atoms with Crippen LogP contribution in [0.25, 0.3) is 10.8 Å². The van der Waals surface area contributed by atoms with Crippen LogP contribution < -0.4 is 21.1 Å². The number of benzene rings is 3. The summed E-state index contributed by atoms with van der Waals surface area (Å²) >= 11 is 0. The number of hydrogen-bond donors (Lipinski definition) is 3. The summed E-state index contributed by atoms with van der Waals surface area (Å²) in [6.45, 7) is 0.674. The van der Waals surface area contributed by atoms with Crippen molar-refractivity contribution in [2.75, 3.05) is 40.8 Å². The molecule has 3 aromatic carbocycles. The predicted octanol–water partition coefficient (Wildman–Crippen LogP) is 2.65. The molecule has 0 aromatic heterocycles. The maximum atomic E-state index is 13.0. The Morgan fingerprint density at radius 2 is 1.54 bits per heavy atom. The summed E-state index contributed by atoms with van der Waals surface area (Å²) in [4.78, 5) is 36.7. The van der Waals surface area contributed by atoms with Crippen LogP contribution >= 0.6 is 0 Å². The molecule has 0 heterocycles. The van der Waals surface area contributed by atoms with E-state index < -0.39 is 11.8 Å². The lowest BCUT2D eigenvalue weighted by Crippen LogP contribution is -2.55. The second-order valence-electron chi connectivity index (χ2n) is 10.0. The molecule has 0 bridgehead atoms. The molecule has 8 heteroatoms. The molecule has 0 radical (unpaired) electrons.